The molecular weight excluding hydrogens is 392 g/mol. The molecular formula is C24H24N4O3. The van der Waals surface area contributed by atoms with Crippen molar-refractivity contribution in [1.82, 2.24) is 14.9 Å². The number of carbonyl (C=O) groups excluding carboxylic acids is 1. The smallest absolute Gasteiger partial charge is 0.251 e. The normalized spacial score (nSPS) is 16.9. The van der Waals surface area contributed by atoms with Gasteiger partial charge in [0.1, 0.15) is 11.5 Å². The van der Waals surface area contributed by atoms with E-state index in [4.69, 9.17) is 9.47 Å². The molecule has 0 bridgehead atoms. The molecule has 1 atom stereocenters. The van der Waals surface area contributed by atoms with Gasteiger partial charge in [0, 0.05) is 24.0 Å². The Balaban J connectivity index is 1.62. The third-order valence-corrected chi connectivity index (χ3v) is 5.88. The molecule has 0 spiro atoms. The third-order valence-electron chi connectivity index (χ3n) is 5.88. The van der Waals surface area contributed by atoms with E-state index in [0.717, 1.165) is 29.0 Å². The highest BCUT2D eigenvalue weighted by molar-refractivity contribution is 5.90. The van der Waals surface area contributed by atoms with Crippen LogP contribution in [-0.4, -0.2) is 36.2 Å². The maximum atomic E-state index is 13.6. The van der Waals surface area contributed by atoms with Crippen LogP contribution in [0.15, 0.2) is 55.0 Å². The molecule has 0 saturated heterocycles. The van der Waals surface area contributed by atoms with Gasteiger partial charge in [0.15, 0.2) is 5.54 Å². The lowest BCUT2D eigenvalue weighted by molar-refractivity contribution is -0.127. The average Bonchev–Trinajstić information content (AvgIpc) is 3.42. The van der Waals surface area contributed by atoms with Crippen LogP contribution in [0.4, 0.5) is 0 Å². The van der Waals surface area contributed by atoms with Crippen molar-refractivity contribution in [2.45, 2.75) is 24.8 Å². The second-order valence-electron chi connectivity index (χ2n) is 7.50. The fourth-order valence-corrected chi connectivity index (χ4v) is 4.25. The van der Waals surface area contributed by atoms with Crippen molar-refractivity contribution in [1.29, 1.82) is 5.26 Å². The van der Waals surface area contributed by atoms with Crippen LogP contribution in [0.2, 0.25) is 0 Å². The highest BCUT2D eigenvalue weighted by Crippen LogP contribution is 2.42. The molecule has 1 unspecified atom stereocenters. The number of nitrogens with one attached hydrogen (secondary N) is 1. The number of rotatable bonds is 7. The fourth-order valence-electron chi connectivity index (χ4n) is 4.25. The lowest BCUT2D eigenvalue weighted by atomic mass is 9.85. The van der Waals surface area contributed by atoms with Crippen LogP contribution in [0.5, 0.6) is 11.5 Å². The monoisotopic (exact) mass is 416 g/mol. The van der Waals surface area contributed by atoms with Gasteiger partial charge in [-0.1, -0.05) is 18.2 Å². The predicted octanol–water partition coefficient (Wildman–Crippen LogP) is 2.82. The van der Waals surface area contributed by atoms with Crippen LogP contribution in [0, 0.1) is 11.3 Å². The lowest BCUT2D eigenvalue weighted by Crippen LogP contribution is -2.48. The van der Waals surface area contributed by atoms with Crippen LogP contribution in [0.1, 0.15) is 28.8 Å². The second kappa shape index (κ2) is 8.52. The van der Waals surface area contributed by atoms with E-state index in [0.29, 0.717) is 30.7 Å². The first-order valence-electron chi connectivity index (χ1n) is 10.1. The molecule has 7 heteroatoms. The van der Waals surface area contributed by atoms with Gasteiger partial charge in [-0.25, -0.2) is 4.98 Å². The molecule has 0 radical (unpaired) electrons. The van der Waals surface area contributed by atoms with Gasteiger partial charge in [0.25, 0.3) is 5.91 Å². The summed E-state index contributed by atoms with van der Waals surface area (Å²) in [5, 5.41) is 12.4. The van der Waals surface area contributed by atoms with E-state index < -0.39 is 5.54 Å². The molecule has 7 nitrogen and oxygen atoms in total. The maximum absolute atomic E-state index is 13.6. The second-order valence-corrected chi connectivity index (χ2v) is 7.50. The van der Waals surface area contributed by atoms with E-state index in [1.807, 2.05) is 34.9 Å². The van der Waals surface area contributed by atoms with Crippen LogP contribution in [0.3, 0.4) is 0 Å². The van der Waals surface area contributed by atoms with Crippen molar-refractivity contribution in [2.75, 3.05) is 20.8 Å². The van der Waals surface area contributed by atoms with Crippen LogP contribution >= 0.6 is 0 Å². The van der Waals surface area contributed by atoms with Gasteiger partial charge in [-0.15, -0.1) is 0 Å². The summed E-state index contributed by atoms with van der Waals surface area (Å²) in [6, 6.07) is 15.2. The molecule has 0 aliphatic carbocycles. The highest BCUT2D eigenvalue weighted by atomic mass is 16.5. The zero-order chi connectivity index (χ0) is 21.8. The molecule has 0 fully saturated rings. The largest absolute Gasteiger partial charge is 0.497 e. The summed E-state index contributed by atoms with van der Waals surface area (Å²) in [5.41, 5.74) is 2.36. The number of hydrogen-bond donors (Lipinski definition) is 1. The number of aromatic nitrogens is 2. The minimum absolute atomic E-state index is 0.110. The SMILES string of the molecule is COc1ccc(CCNC(=O)C2(c3ccc(C#N)cc3OC)CCc3cncn32)cc1. The summed E-state index contributed by atoms with van der Waals surface area (Å²) >= 11 is 0. The molecule has 1 aliphatic rings. The summed E-state index contributed by atoms with van der Waals surface area (Å²) in [6.45, 7) is 0.496. The standard InChI is InChI=1S/C24H24N4O3/c1-30-20-6-3-17(4-7-20)10-12-27-23(29)24(11-9-19-15-26-16-28(19)24)21-8-5-18(14-25)13-22(21)31-2/h3-8,13,15-16H,9-12H2,1-2H3,(H,27,29). The summed E-state index contributed by atoms with van der Waals surface area (Å²) in [7, 11) is 3.19. The van der Waals surface area contributed by atoms with Crippen molar-refractivity contribution >= 4 is 5.91 Å². The van der Waals surface area contributed by atoms with Crippen LogP contribution in [0.25, 0.3) is 0 Å². The Kier molecular flexibility index (Phi) is 5.63. The summed E-state index contributed by atoms with van der Waals surface area (Å²) in [4.78, 5) is 17.9. The van der Waals surface area contributed by atoms with Crippen molar-refractivity contribution in [3.05, 3.63) is 77.4 Å². The fraction of sp³-hybridized carbons (Fsp3) is 0.292. The topological polar surface area (TPSA) is 89.2 Å². The molecule has 1 N–H and O–H groups in total. The Hall–Kier alpha value is -3.79. The average molecular weight is 416 g/mol. The number of nitrogens with zero attached hydrogens (tertiary/aromatic N) is 3. The Morgan fingerprint density at radius 1 is 1.23 bits per heavy atom. The number of fused-ring (bicyclic) bond motifs is 1. The van der Waals surface area contributed by atoms with Gasteiger partial charge in [-0.3, -0.25) is 4.79 Å². The Labute approximate surface area is 181 Å². The number of ether oxygens (including phenoxy) is 2. The van der Waals surface area contributed by atoms with E-state index in [2.05, 4.69) is 16.4 Å². The third kappa shape index (κ3) is 3.61. The van der Waals surface area contributed by atoms with E-state index in [1.165, 1.54) is 0 Å². The molecule has 1 aromatic heterocycles. The molecule has 2 heterocycles. The molecule has 3 aromatic rings. The zero-order valence-electron chi connectivity index (χ0n) is 17.6. The molecule has 0 saturated carbocycles. The Morgan fingerprint density at radius 3 is 2.74 bits per heavy atom. The first-order valence-corrected chi connectivity index (χ1v) is 10.1. The van der Waals surface area contributed by atoms with Gasteiger partial charge >= 0.3 is 0 Å². The molecule has 1 amide bonds. The summed E-state index contributed by atoms with van der Waals surface area (Å²) < 4.78 is 12.7. The molecule has 1 aliphatic heterocycles. The lowest BCUT2D eigenvalue weighted by Gasteiger charge is -2.32. The number of amides is 1. The molecule has 31 heavy (non-hydrogen) atoms. The number of hydrogen-bond acceptors (Lipinski definition) is 5. The van der Waals surface area contributed by atoms with Gasteiger partial charge in [0.2, 0.25) is 0 Å². The summed E-state index contributed by atoms with van der Waals surface area (Å²) in [5.74, 6) is 1.21. The molecule has 2 aromatic carbocycles. The van der Waals surface area contributed by atoms with E-state index in [9.17, 15) is 10.1 Å². The van der Waals surface area contributed by atoms with Gasteiger partial charge < -0.3 is 19.4 Å². The zero-order valence-corrected chi connectivity index (χ0v) is 17.6. The van der Waals surface area contributed by atoms with Crippen LogP contribution in [-0.2, 0) is 23.2 Å². The van der Waals surface area contributed by atoms with Crippen molar-refractivity contribution in [2.24, 2.45) is 0 Å². The van der Waals surface area contributed by atoms with E-state index >= 15 is 0 Å². The Bertz CT molecular complexity index is 1130. The van der Waals surface area contributed by atoms with Gasteiger partial charge in [0.05, 0.1) is 32.2 Å². The summed E-state index contributed by atoms with van der Waals surface area (Å²) in [6.07, 6.45) is 5.52. The van der Waals surface area contributed by atoms with Gasteiger partial charge in [-0.05, 0) is 49.1 Å². The predicted molar refractivity (Wildman–Crippen MR) is 115 cm³/mol. The van der Waals surface area contributed by atoms with E-state index in [-0.39, 0.29) is 5.91 Å². The molecule has 158 valence electrons. The highest BCUT2D eigenvalue weighted by Gasteiger charge is 2.48. The number of benzene rings is 2. The molecule has 4 rings (SSSR count). The van der Waals surface area contributed by atoms with Crippen molar-refractivity contribution in [3.8, 4) is 17.6 Å². The van der Waals surface area contributed by atoms with E-state index in [1.54, 1.807) is 38.9 Å². The first-order chi connectivity index (χ1) is 15.1. The van der Waals surface area contributed by atoms with Crippen molar-refractivity contribution in [3.63, 3.8) is 0 Å². The minimum atomic E-state index is -0.967. The number of nitriles is 1. The van der Waals surface area contributed by atoms with Crippen LogP contribution < -0.4 is 14.8 Å². The van der Waals surface area contributed by atoms with Gasteiger partial charge in [-0.2, -0.15) is 5.26 Å². The number of imidazole rings is 1. The minimum Gasteiger partial charge on any atom is -0.497 e. The first kappa shape index (κ1) is 20.5. The number of methoxy groups -OCH3 is 2. The number of aryl methyl sites for hydroxylation is 1. The number of carbonyl (C=O) groups is 1. The van der Waals surface area contributed by atoms with Crippen molar-refractivity contribution < 1.29 is 14.3 Å². The quantitative estimate of drug-likeness (QED) is 0.640. The Morgan fingerprint density at radius 2 is 2.03 bits per heavy atom. The maximum Gasteiger partial charge on any atom is 0.251 e.